The fourth-order valence-corrected chi connectivity index (χ4v) is 1.76. The number of aryl methyl sites for hydroxylation is 1. The van der Waals surface area contributed by atoms with E-state index in [9.17, 15) is 4.79 Å². The molecule has 0 unspecified atom stereocenters. The van der Waals surface area contributed by atoms with Gasteiger partial charge in [0.15, 0.2) is 5.58 Å². The molecule has 80 valence electrons. The Bertz CT molecular complexity index is 705. The molecule has 0 saturated carbocycles. The number of aromatic amines is 1. The van der Waals surface area contributed by atoms with Gasteiger partial charge < -0.3 is 4.42 Å². The van der Waals surface area contributed by atoms with Crippen LogP contribution in [0.3, 0.4) is 0 Å². The summed E-state index contributed by atoms with van der Waals surface area (Å²) >= 11 is 0. The van der Waals surface area contributed by atoms with Gasteiger partial charge >= 0.3 is 5.76 Å². The second-order valence-corrected chi connectivity index (χ2v) is 3.57. The van der Waals surface area contributed by atoms with Crippen LogP contribution in [0.15, 0.2) is 39.7 Å². The van der Waals surface area contributed by atoms with Gasteiger partial charge in [-0.1, -0.05) is 6.07 Å². The lowest BCUT2D eigenvalue weighted by atomic mass is 10.1. The first-order valence-electron chi connectivity index (χ1n) is 4.85. The molecule has 0 atom stereocenters. The first-order valence-corrected chi connectivity index (χ1v) is 4.85. The summed E-state index contributed by atoms with van der Waals surface area (Å²) in [4.78, 5) is 13.6. The fourth-order valence-electron chi connectivity index (χ4n) is 1.76. The Kier molecular flexibility index (Phi) is 1.73. The van der Waals surface area contributed by atoms with Crippen LogP contribution in [0.1, 0.15) is 0 Å². The van der Waals surface area contributed by atoms with Gasteiger partial charge in [0.1, 0.15) is 0 Å². The Morgan fingerprint density at radius 1 is 1.38 bits per heavy atom. The monoisotopic (exact) mass is 215 g/mol. The van der Waals surface area contributed by atoms with Gasteiger partial charge in [0.2, 0.25) is 0 Å². The third kappa shape index (κ3) is 1.25. The SMILES string of the molecule is Cn1nccc1-c1ccc2[nH]c(=O)oc2c1. The molecule has 0 amide bonds. The fraction of sp³-hybridized carbons (Fsp3) is 0.0909. The van der Waals surface area contributed by atoms with Crippen molar-refractivity contribution in [2.75, 3.05) is 0 Å². The van der Waals surface area contributed by atoms with Crippen LogP contribution in [0.4, 0.5) is 0 Å². The zero-order chi connectivity index (χ0) is 11.1. The van der Waals surface area contributed by atoms with Gasteiger partial charge in [-0.3, -0.25) is 9.67 Å². The molecule has 2 aromatic heterocycles. The van der Waals surface area contributed by atoms with Crippen LogP contribution >= 0.6 is 0 Å². The van der Waals surface area contributed by atoms with Crippen LogP contribution in [0.25, 0.3) is 22.4 Å². The molecule has 0 saturated heterocycles. The van der Waals surface area contributed by atoms with Crippen molar-refractivity contribution in [1.29, 1.82) is 0 Å². The number of aromatic nitrogens is 3. The van der Waals surface area contributed by atoms with Gasteiger partial charge in [0, 0.05) is 18.8 Å². The van der Waals surface area contributed by atoms with E-state index < -0.39 is 5.76 Å². The zero-order valence-electron chi connectivity index (χ0n) is 8.60. The Morgan fingerprint density at radius 3 is 3.00 bits per heavy atom. The zero-order valence-corrected chi connectivity index (χ0v) is 8.60. The van der Waals surface area contributed by atoms with E-state index in [0.29, 0.717) is 11.1 Å². The van der Waals surface area contributed by atoms with Crippen LogP contribution in [-0.4, -0.2) is 14.8 Å². The van der Waals surface area contributed by atoms with E-state index in [1.54, 1.807) is 10.9 Å². The average Bonchev–Trinajstić information content (AvgIpc) is 2.81. The Hall–Kier alpha value is -2.30. The Balaban J connectivity index is 2.26. The highest BCUT2D eigenvalue weighted by Crippen LogP contribution is 2.22. The molecular weight excluding hydrogens is 206 g/mol. The third-order valence-corrected chi connectivity index (χ3v) is 2.54. The van der Waals surface area contributed by atoms with E-state index in [2.05, 4.69) is 10.1 Å². The molecule has 0 spiro atoms. The highest BCUT2D eigenvalue weighted by atomic mass is 16.4. The van der Waals surface area contributed by atoms with Gasteiger partial charge in [0.05, 0.1) is 11.2 Å². The highest BCUT2D eigenvalue weighted by molar-refractivity contribution is 5.78. The number of hydrogen-bond acceptors (Lipinski definition) is 3. The summed E-state index contributed by atoms with van der Waals surface area (Å²) in [5, 5.41) is 4.09. The Morgan fingerprint density at radius 2 is 2.25 bits per heavy atom. The summed E-state index contributed by atoms with van der Waals surface area (Å²) in [5.74, 6) is -0.433. The van der Waals surface area contributed by atoms with Gasteiger partial charge in [-0.25, -0.2) is 4.79 Å². The van der Waals surface area contributed by atoms with Crippen molar-refractivity contribution < 1.29 is 4.42 Å². The van der Waals surface area contributed by atoms with Crippen molar-refractivity contribution in [1.82, 2.24) is 14.8 Å². The molecule has 3 rings (SSSR count). The first kappa shape index (κ1) is 8.96. The number of nitrogens with one attached hydrogen (secondary N) is 1. The van der Waals surface area contributed by atoms with Crippen molar-refractivity contribution >= 4 is 11.1 Å². The number of hydrogen-bond donors (Lipinski definition) is 1. The molecule has 0 radical (unpaired) electrons. The third-order valence-electron chi connectivity index (χ3n) is 2.54. The molecule has 16 heavy (non-hydrogen) atoms. The topological polar surface area (TPSA) is 63.8 Å². The van der Waals surface area contributed by atoms with Crippen molar-refractivity contribution in [3.63, 3.8) is 0 Å². The summed E-state index contributed by atoms with van der Waals surface area (Å²) < 4.78 is 6.78. The highest BCUT2D eigenvalue weighted by Gasteiger charge is 2.06. The van der Waals surface area contributed by atoms with E-state index in [1.807, 2.05) is 31.3 Å². The maximum absolute atomic E-state index is 11.0. The minimum Gasteiger partial charge on any atom is -0.408 e. The van der Waals surface area contributed by atoms with Crippen LogP contribution in [-0.2, 0) is 7.05 Å². The lowest BCUT2D eigenvalue weighted by molar-refractivity contribution is 0.555. The molecule has 0 fully saturated rings. The van der Waals surface area contributed by atoms with Crippen molar-refractivity contribution in [2.45, 2.75) is 0 Å². The lowest BCUT2D eigenvalue weighted by Gasteiger charge is -2.00. The van der Waals surface area contributed by atoms with Gasteiger partial charge in [-0.2, -0.15) is 5.10 Å². The van der Waals surface area contributed by atoms with E-state index in [4.69, 9.17) is 4.42 Å². The molecule has 3 aromatic rings. The quantitative estimate of drug-likeness (QED) is 0.669. The van der Waals surface area contributed by atoms with Crippen LogP contribution in [0.2, 0.25) is 0 Å². The summed E-state index contributed by atoms with van der Waals surface area (Å²) in [6.07, 6.45) is 1.73. The summed E-state index contributed by atoms with van der Waals surface area (Å²) in [7, 11) is 1.87. The molecule has 1 aromatic carbocycles. The summed E-state index contributed by atoms with van der Waals surface area (Å²) in [6.45, 7) is 0. The molecule has 2 heterocycles. The van der Waals surface area contributed by atoms with Crippen LogP contribution in [0.5, 0.6) is 0 Å². The maximum Gasteiger partial charge on any atom is 0.417 e. The normalized spacial score (nSPS) is 11.1. The van der Waals surface area contributed by atoms with Crippen molar-refractivity contribution in [3.05, 3.63) is 41.0 Å². The predicted octanol–water partition coefficient (Wildman–Crippen LogP) is 1.52. The van der Waals surface area contributed by atoms with Crippen LogP contribution < -0.4 is 5.76 Å². The molecule has 0 bridgehead atoms. The average molecular weight is 215 g/mol. The second kappa shape index (κ2) is 3.10. The van der Waals surface area contributed by atoms with E-state index in [-0.39, 0.29) is 0 Å². The first-order chi connectivity index (χ1) is 7.74. The van der Waals surface area contributed by atoms with Gasteiger partial charge in [-0.05, 0) is 18.2 Å². The number of H-pyrrole nitrogens is 1. The van der Waals surface area contributed by atoms with E-state index in [1.165, 1.54) is 0 Å². The molecule has 0 aliphatic rings. The van der Waals surface area contributed by atoms with Gasteiger partial charge in [-0.15, -0.1) is 0 Å². The molecule has 5 heteroatoms. The number of fused-ring (bicyclic) bond motifs is 1. The molecule has 0 aliphatic heterocycles. The summed E-state index contributed by atoms with van der Waals surface area (Å²) in [5.41, 5.74) is 3.21. The predicted molar refractivity (Wildman–Crippen MR) is 59.0 cm³/mol. The lowest BCUT2D eigenvalue weighted by Crippen LogP contribution is -1.93. The standard InChI is InChI=1S/C11H9N3O2/c1-14-9(4-5-12-14)7-2-3-8-10(6-7)16-11(15)13-8/h2-6H,1H3,(H,13,15). The number of nitrogens with zero attached hydrogens (tertiary/aromatic N) is 2. The maximum atomic E-state index is 11.0. The van der Waals surface area contributed by atoms with Crippen molar-refractivity contribution in [3.8, 4) is 11.3 Å². The number of rotatable bonds is 1. The molecule has 5 nitrogen and oxygen atoms in total. The molecule has 1 N–H and O–H groups in total. The largest absolute Gasteiger partial charge is 0.417 e. The van der Waals surface area contributed by atoms with E-state index >= 15 is 0 Å². The second-order valence-electron chi connectivity index (χ2n) is 3.57. The summed E-state index contributed by atoms with van der Waals surface area (Å²) in [6, 6.07) is 7.48. The molecule has 0 aliphatic carbocycles. The smallest absolute Gasteiger partial charge is 0.408 e. The molecular formula is C11H9N3O2. The van der Waals surface area contributed by atoms with Crippen molar-refractivity contribution in [2.24, 2.45) is 7.05 Å². The minimum atomic E-state index is -0.433. The van der Waals surface area contributed by atoms with Gasteiger partial charge in [0.25, 0.3) is 0 Å². The van der Waals surface area contributed by atoms with Crippen LogP contribution in [0, 0.1) is 0 Å². The minimum absolute atomic E-state index is 0.433. The number of oxazole rings is 1. The number of benzene rings is 1. The Labute approximate surface area is 90.3 Å². The van der Waals surface area contributed by atoms with E-state index in [0.717, 1.165) is 11.3 Å².